The molecule has 1 amide bonds. The summed E-state index contributed by atoms with van der Waals surface area (Å²) in [5.41, 5.74) is 5.92. The maximum Gasteiger partial charge on any atom is 0.225 e. The summed E-state index contributed by atoms with van der Waals surface area (Å²) in [5, 5.41) is 0. The van der Waals surface area contributed by atoms with Crippen LogP contribution < -0.4 is 5.73 Å². The molecule has 0 bridgehead atoms. The first kappa shape index (κ1) is 12.4. The number of carbonyl (C=O) groups is 1. The highest BCUT2D eigenvalue weighted by Gasteiger charge is 2.35. The molecule has 1 aliphatic carbocycles. The van der Waals surface area contributed by atoms with E-state index in [0.717, 1.165) is 38.9 Å². The number of carbonyl (C=O) groups excluding carboxylic acids is 1. The van der Waals surface area contributed by atoms with E-state index in [9.17, 15) is 4.79 Å². The Hall–Kier alpha value is -0.610. The summed E-state index contributed by atoms with van der Waals surface area (Å²) in [6.45, 7) is 4.21. The van der Waals surface area contributed by atoms with Crippen molar-refractivity contribution >= 4 is 5.91 Å². The summed E-state index contributed by atoms with van der Waals surface area (Å²) in [5.74, 6) is 0.600. The standard InChI is InChI=1S/C14H25N3O/c15-12-5-4-11(9-12)14(18)17-8-7-16-6-2-1-3-13(16)10-17/h11-13H,1-10,15H2. The van der Waals surface area contributed by atoms with Crippen molar-refractivity contribution in [2.24, 2.45) is 11.7 Å². The fourth-order valence-electron chi connectivity index (χ4n) is 3.86. The van der Waals surface area contributed by atoms with Gasteiger partial charge in [0.25, 0.3) is 0 Å². The fraction of sp³-hybridized carbons (Fsp3) is 0.929. The summed E-state index contributed by atoms with van der Waals surface area (Å²) in [7, 11) is 0. The third-order valence-electron chi connectivity index (χ3n) is 4.97. The van der Waals surface area contributed by atoms with E-state index >= 15 is 0 Å². The second-order valence-electron chi connectivity index (χ2n) is 6.24. The van der Waals surface area contributed by atoms with Crippen LogP contribution in [0, 0.1) is 5.92 Å². The molecule has 3 fully saturated rings. The van der Waals surface area contributed by atoms with Crippen LogP contribution in [-0.4, -0.2) is 54.0 Å². The van der Waals surface area contributed by atoms with Gasteiger partial charge in [0.2, 0.25) is 5.91 Å². The first-order valence-corrected chi connectivity index (χ1v) is 7.52. The van der Waals surface area contributed by atoms with E-state index in [1.54, 1.807) is 0 Å². The Morgan fingerprint density at radius 3 is 2.72 bits per heavy atom. The maximum absolute atomic E-state index is 12.5. The van der Waals surface area contributed by atoms with Crippen molar-refractivity contribution in [1.82, 2.24) is 9.80 Å². The van der Waals surface area contributed by atoms with Crippen molar-refractivity contribution in [1.29, 1.82) is 0 Å². The summed E-state index contributed by atoms with van der Waals surface area (Å²) >= 11 is 0. The first-order valence-electron chi connectivity index (χ1n) is 7.52. The highest BCUT2D eigenvalue weighted by molar-refractivity contribution is 5.79. The Bertz CT molecular complexity index is 320. The average molecular weight is 251 g/mol. The number of piperazine rings is 1. The number of nitrogens with two attached hydrogens (primary N) is 1. The van der Waals surface area contributed by atoms with Gasteiger partial charge < -0.3 is 10.6 Å². The van der Waals surface area contributed by atoms with Crippen LogP contribution in [-0.2, 0) is 4.79 Å². The third-order valence-corrected chi connectivity index (χ3v) is 4.97. The molecule has 4 nitrogen and oxygen atoms in total. The van der Waals surface area contributed by atoms with Crippen LogP contribution in [0.25, 0.3) is 0 Å². The number of amides is 1. The Balaban J connectivity index is 1.58. The minimum atomic E-state index is 0.218. The molecule has 4 heteroatoms. The van der Waals surface area contributed by atoms with Crippen LogP contribution in [0.4, 0.5) is 0 Å². The molecule has 102 valence electrons. The van der Waals surface area contributed by atoms with Crippen molar-refractivity contribution in [3.05, 3.63) is 0 Å². The molecule has 0 radical (unpaired) electrons. The van der Waals surface area contributed by atoms with Gasteiger partial charge in [-0.05, 0) is 38.6 Å². The van der Waals surface area contributed by atoms with Crippen molar-refractivity contribution in [3.63, 3.8) is 0 Å². The predicted molar refractivity (Wildman–Crippen MR) is 71.1 cm³/mol. The van der Waals surface area contributed by atoms with Gasteiger partial charge in [0.1, 0.15) is 0 Å². The SMILES string of the molecule is NC1CCC(C(=O)N2CCN3CCCCC3C2)C1. The van der Waals surface area contributed by atoms with Gasteiger partial charge in [-0.2, -0.15) is 0 Å². The number of fused-ring (bicyclic) bond motifs is 1. The van der Waals surface area contributed by atoms with Gasteiger partial charge in [0, 0.05) is 37.6 Å². The number of hydrogen-bond acceptors (Lipinski definition) is 3. The van der Waals surface area contributed by atoms with Gasteiger partial charge in [0.15, 0.2) is 0 Å². The molecule has 2 N–H and O–H groups in total. The number of nitrogens with zero attached hydrogens (tertiary/aromatic N) is 2. The zero-order valence-electron chi connectivity index (χ0n) is 11.2. The summed E-state index contributed by atoms with van der Waals surface area (Å²) in [6, 6.07) is 0.890. The second-order valence-corrected chi connectivity index (χ2v) is 6.24. The maximum atomic E-state index is 12.5. The average Bonchev–Trinajstić information content (AvgIpc) is 2.84. The van der Waals surface area contributed by atoms with Crippen LogP contribution >= 0.6 is 0 Å². The third kappa shape index (κ3) is 2.41. The van der Waals surface area contributed by atoms with E-state index in [4.69, 9.17) is 5.73 Å². The molecule has 18 heavy (non-hydrogen) atoms. The van der Waals surface area contributed by atoms with Crippen LogP contribution in [0.5, 0.6) is 0 Å². The monoisotopic (exact) mass is 251 g/mol. The Morgan fingerprint density at radius 2 is 1.94 bits per heavy atom. The van der Waals surface area contributed by atoms with Gasteiger partial charge in [0.05, 0.1) is 0 Å². The van der Waals surface area contributed by atoms with E-state index in [-0.39, 0.29) is 12.0 Å². The highest BCUT2D eigenvalue weighted by Crippen LogP contribution is 2.28. The van der Waals surface area contributed by atoms with E-state index < -0.39 is 0 Å². The smallest absolute Gasteiger partial charge is 0.225 e. The molecular weight excluding hydrogens is 226 g/mol. The molecule has 0 aromatic heterocycles. The zero-order chi connectivity index (χ0) is 12.5. The highest BCUT2D eigenvalue weighted by atomic mass is 16.2. The second kappa shape index (κ2) is 5.17. The first-order chi connectivity index (χ1) is 8.74. The minimum Gasteiger partial charge on any atom is -0.340 e. The lowest BCUT2D eigenvalue weighted by Crippen LogP contribution is -2.57. The van der Waals surface area contributed by atoms with E-state index in [2.05, 4.69) is 9.80 Å². The molecule has 0 aromatic carbocycles. The molecular formula is C14H25N3O. The number of rotatable bonds is 1. The molecule has 2 heterocycles. The minimum absolute atomic E-state index is 0.218. The number of hydrogen-bond donors (Lipinski definition) is 1. The molecule has 3 aliphatic rings. The summed E-state index contributed by atoms with van der Waals surface area (Å²) in [4.78, 5) is 17.2. The van der Waals surface area contributed by atoms with Gasteiger partial charge >= 0.3 is 0 Å². The lowest BCUT2D eigenvalue weighted by molar-refractivity contribution is -0.139. The largest absolute Gasteiger partial charge is 0.340 e. The van der Waals surface area contributed by atoms with Crippen LogP contribution in [0.3, 0.4) is 0 Å². The van der Waals surface area contributed by atoms with Gasteiger partial charge in [-0.15, -0.1) is 0 Å². The molecule has 2 aliphatic heterocycles. The molecule has 2 saturated heterocycles. The molecule has 1 saturated carbocycles. The summed E-state index contributed by atoms with van der Waals surface area (Å²) in [6.07, 6.45) is 6.88. The van der Waals surface area contributed by atoms with Crippen molar-refractivity contribution in [2.75, 3.05) is 26.2 Å². The topological polar surface area (TPSA) is 49.6 Å². The zero-order valence-corrected chi connectivity index (χ0v) is 11.2. The molecule has 3 atom stereocenters. The quantitative estimate of drug-likeness (QED) is 0.750. The molecule has 3 rings (SSSR count). The Kier molecular flexibility index (Phi) is 3.57. The van der Waals surface area contributed by atoms with Crippen LogP contribution in [0.2, 0.25) is 0 Å². The Morgan fingerprint density at radius 1 is 1.06 bits per heavy atom. The summed E-state index contributed by atoms with van der Waals surface area (Å²) < 4.78 is 0. The van der Waals surface area contributed by atoms with Crippen molar-refractivity contribution in [3.8, 4) is 0 Å². The lowest BCUT2D eigenvalue weighted by Gasteiger charge is -2.44. The number of piperidine rings is 1. The van der Waals surface area contributed by atoms with Crippen LogP contribution in [0.15, 0.2) is 0 Å². The van der Waals surface area contributed by atoms with Gasteiger partial charge in [-0.25, -0.2) is 0 Å². The van der Waals surface area contributed by atoms with E-state index in [0.29, 0.717) is 11.9 Å². The predicted octanol–water partition coefficient (Wildman–Crippen LogP) is 0.810. The lowest BCUT2D eigenvalue weighted by atomic mass is 9.98. The molecule has 3 unspecified atom stereocenters. The fourth-order valence-corrected chi connectivity index (χ4v) is 3.86. The molecule has 0 spiro atoms. The van der Waals surface area contributed by atoms with Crippen molar-refractivity contribution in [2.45, 2.75) is 50.6 Å². The van der Waals surface area contributed by atoms with Crippen molar-refractivity contribution < 1.29 is 4.79 Å². The van der Waals surface area contributed by atoms with Crippen LogP contribution in [0.1, 0.15) is 38.5 Å². The van der Waals surface area contributed by atoms with Gasteiger partial charge in [-0.3, -0.25) is 9.69 Å². The van der Waals surface area contributed by atoms with Gasteiger partial charge in [-0.1, -0.05) is 6.42 Å². The Labute approximate surface area is 109 Å². The van der Waals surface area contributed by atoms with E-state index in [1.807, 2.05) is 0 Å². The normalized spacial score (nSPS) is 37.6. The van der Waals surface area contributed by atoms with E-state index in [1.165, 1.54) is 25.8 Å². The molecule has 0 aromatic rings.